The summed E-state index contributed by atoms with van der Waals surface area (Å²) in [5.74, 6) is -0.0702. The van der Waals surface area contributed by atoms with Crippen LogP contribution < -0.4 is 5.32 Å². The standard InChI is InChI=1S/C21H24N4OS/c1-25-16-3-2-4-17(25)11-15(10-16)22-21(26)20-18-9-13(14-7-8-27-12-14)5-6-19(18)23-24-20/h5,7-9,12,15-17H,2-4,6,10-11H2,1H3,(H,22,26). The van der Waals surface area contributed by atoms with E-state index in [-0.39, 0.29) is 11.9 Å². The highest BCUT2D eigenvalue weighted by atomic mass is 32.1. The maximum atomic E-state index is 13.0. The van der Waals surface area contributed by atoms with Crippen LogP contribution in [0.15, 0.2) is 44.8 Å². The van der Waals surface area contributed by atoms with Crippen LogP contribution in [-0.2, 0) is 4.79 Å². The molecule has 1 amide bonds. The van der Waals surface area contributed by atoms with Crippen LogP contribution in [0, 0.1) is 0 Å². The van der Waals surface area contributed by atoms with Crippen molar-refractivity contribution in [3.05, 3.63) is 40.1 Å². The van der Waals surface area contributed by atoms with Gasteiger partial charge in [-0.3, -0.25) is 4.79 Å². The minimum absolute atomic E-state index is 0.0702. The summed E-state index contributed by atoms with van der Waals surface area (Å²) in [6.45, 7) is 0. The third-order valence-electron chi connectivity index (χ3n) is 6.40. The lowest BCUT2D eigenvalue weighted by Gasteiger charge is -2.47. The first-order valence-corrected chi connectivity index (χ1v) is 10.8. The van der Waals surface area contributed by atoms with Gasteiger partial charge >= 0.3 is 0 Å². The zero-order valence-electron chi connectivity index (χ0n) is 15.5. The molecule has 4 aliphatic rings. The van der Waals surface area contributed by atoms with Crippen molar-refractivity contribution in [3.8, 4) is 0 Å². The monoisotopic (exact) mass is 380 g/mol. The molecule has 2 fully saturated rings. The summed E-state index contributed by atoms with van der Waals surface area (Å²) in [5.41, 5.74) is 4.63. The highest BCUT2D eigenvalue weighted by Gasteiger charge is 2.37. The van der Waals surface area contributed by atoms with Crippen molar-refractivity contribution in [2.24, 2.45) is 10.2 Å². The Morgan fingerprint density at radius 1 is 1.26 bits per heavy atom. The molecule has 0 radical (unpaired) electrons. The molecule has 140 valence electrons. The minimum atomic E-state index is -0.0702. The lowest BCUT2D eigenvalue weighted by molar-refractivity contribution is -0.116. The Kier molecular flexibility index (Phi) is 4.32. The predicted molar refractivity (Wildman–Crippen MR) is 110 cm³/mol. The van der Waals surface area contributed by atoms with E-state index in [1.54, 1.807) is 11.3 Å². The number of nitrogens with one attached hydrogen (secondary N) is 1. The largest absolute Gasteiger partial charge is 0.348 e. The third kappa shape index (κ3) is 3.11. The quantitative estimate of drug-likeness (QED) is 0.874. The van der Waals surface area contributed by atoms with Crippen LogP contribution in [0.1, 0.15) is 44.1 Å². The molecular formula is C21H24N4OS. The van der Waals surface area contributed by atoms with Crippen LogP contribution >= 0.6 is 11.3 Å². The summed E-state index contributed by atoms with van der Waals surface area (Å²) < 4.78 is 0. The molecule has 27 heavy (non-hydrogen) atoms. The Hall–Kier alpha value is -2.05. The van der Waals surface area contributed by atoms with Crippen molar-refractivity contribution in [1.29, 1.82) is 0 Å². The second kappa shape index (κ2) is 6.84. The lowest BCUT2D eigenvalue weighted by atomic mass is 9.82. The number of thiophene rings is 1. The van der Waals surface area contributed by atoms with Gasteiger partial charge in [-0.1, -0.05) is 12.5 Å². The summed E-state index contributed by atoms with van der Waals surface area (Å²) in [6, 6.07) is 3.55. The van der Waals surface area contributed by atoms with E-state index in [1.807, 2.05) is 0 Å². The first-order valence-electron chi connectivity index (χ1n) is 9.81. The fraction of sp³-hybridized carbons (Fsp3) is 0.476. The molecule has 6 heteroatoms. The highest BCUT2D eigenvalue weighted by molar-refractivity contribution is 7.08. The van der Waals surface area contributed by atoms with Crippen molar-refractivity contribution < 1.29 is 4.79 Å². The van der Waals surface area contributed by atoms with Gasteiger partial charge in [-0.05, 0) is 66.8 Å². The predicted octanol–water partition coefficient (Wildman–Crippen LogP) is 3.40. The van der Waals surface area contributed by atoms with Gasteiger partial charge in [0.15, 0.2) is 5.71 Å². The van der Waals surface area contributed by atoms with E-state index in [9.17, 15) is 4.79 Å². The molecule has 1 aliphatic carbocycles. The molecule has 1 aromatic heterocycles. The number of carbonyl (C=O) groups excluding carboxylic acids is 1. The fourth-order valence-electron chi connectivity index (χ4n) is 4.86. The molecule has 1 N–H and O–H groups in total. The van der Waals surface area contributed by atoms with E-state index in [1.165, 1.54) is 24.8 Å². The van der Waals surface area contributed by atoms with Gasteiger partial charge in [-0.2, -0.15) is 16.4 Å². The van der Waals surface area contributed by atoms with Crippen LogP contribution in [0.3, 0.4) is 0 Å². The second-order valence-corrected chi connectivity index (χ2v) is 8.75. The molecule has 0 spiro atoms. The Bertz CT molecular complexity index is 866. The number of hydrogen-bond donors (Lipinski definition) is 1. The van der Waals surface area contributed by atoms with Gasteiger partial charge in [-0.15, -0.1) is 5.10 Å². The third-order valence-corrected chi connectivity index (χ3v) is 7.08. The topological polar surface area (TPSA) is 57.1 Å². The van der Waals surface area contributed by atoms with Crippen LogP contribution in [0.5, 0.6) is 0 Å². The number of hydrogen-bond acceptors (Lipinski definition) is 5. The smallest absolute Gasteiger partial charge is 0.272 e. The van der Waals surface area contributed by atoms with E-state index in [0.29, 0.717) is 17.8 Å². The van der Waals surface area contributed by atoms with Crippen molar-refractivity contribution in [2.45, 2.75) is 56.7 Å². The molecule has 3 aliphatic heterocycles. The molecule has 0 aromatic carbocycles. The summed E-state index contributed by atoms with van der Waals surface area (Å²) in [5, 5.41) is 16.0. The van der Waals surface area contributed by atoms with E-state index in [4.69, 9.17) is 0 Å². The zero-order chi connectivity index (χ0) is 18.4. The van der Waals surface area contributed by atoms with Crippen molar-refractivity contribution >= 4 is 34.2 Å². The molecule has 1 aromatic rings. The molecule has 0 saturated carbocycles. The van der Waals surface area contributed by atoms with Gasteiger partial charge in [0.1, 0.15) is 0 Å². The number of allylic oxidation sites excluding steroid dienone is 3. The Balaban J connectivity index is 1.31. The Labute approximate surface area is 163 Å². The van der Waals surface area contributed by atoms with Crippen LogP contribution in [0.2, 0.25) is 0 Å². The van der Waals surface area contributed by atoms with Crippen molar-refractivity contribution in [2.75, 3.05) is 7.05 Å². The van der Waals surface area contributed by atoms with E-state index < -0.39 is 0 Å². The average molecular weight is 381 g/mol. The first kappa shape index (κ1) is 17.1. The highest BCUT2D eigenvalue weighted by Crippen LogP contribution is 2.33. The molecule has 2 saturated heterocycles. The molecule has 2 atom stereocenters. The maximum absolute atomic E-state index is 13.0. The van der Waals surface area contributed by atoms with Crippen molar-refractivity contribution in [3.63, 3.8) is 0 Å². The second-order valence-electron chi connectivity index (χ2n) is 7.97. The lowest BCUT2D eigenvalue weighted by Crippen LogP contribution is -2.56. The van der Waals surface area contributed by atoms with Gasteiger partial charge in [-0.25, -0.2) is 0 Å². The van der Waals surface area contributed by atoms with Gasteiger partial charge < -0.3 is 10.2 Å². The van der Waals surface area contributed by atoms with E-state index in [0.717, 1.165) is 36.1 Å². The first-order chi connectivity index (χ1) is 13.2. The van der Waals surface area contributed by atoms with Gasteiger partial charge in [0, 0.05) is 30.1 Å². The summed E-state index contributed by atoms with van der Waals surface area (Å²) in [7, 11) is 2.23. The van der Waals surface area contributed by atoms with Gasteiger partial charge in [0.2, 0.25) is 0 Å². The van der Waals surface area contributed by atoms with E-state index >= 15 is 0 Å². The molecule has 2 bridgehead atoms. The average Bonchev–Trinajstić information content (AvgIpc) is 3.31. The number of amides is 1. The number of rotatable bonds is 3. The molecule has 5 nitrogen and oxygen atoms in total. The van der Waals surface area contributed by atoms with Gasteiger partial charge in [0.25, 0.3) is 5.91 Å². The van der Waals surface area contributed by atoms with E-state index in [2.05, 4.69) is 56.4 Å². The molecule has 2 unspecified atom stereocenters. The molecule has 5 rings (SSSR count). The van der Waals surface area contributed by atoms with Crippen molar-refractivity contribution in [1.82, 2.24) is 10.2 Å². The maximum Gasteiger partial charge on any atom is 0.272 e. The number of carbonyl (C=O) groups is 1. The summed E-state index contributed by atoms with van der Waals surface area (Å²) in [4.78, 5) is 15.5. The van der Waals surface area contributed by atoms with Crippen LogP contribution in [0.25, 0.3) is 5.57 Å². The summed E-state index contributed by atoms with van der Waals surface area (Å²) in [6.07, 6.45) is 10.8. The van der Waals surface area contributed by atoms with Gasteiger partial charge in [0.05, 0.1) is 5.71 Å². The van der Waals surface area contributed by atoms with Crippen LogP contribution in [-0.4, -0.2) is 47.4 Å². The molecule has 4 heterocycles. The molecular weight excluding hydrogens is 356 g/mol. The number of nitrogens with zero attached hydrogens (tertiary/aromatic N) is 3. The SMILES string of the molecule is CN1C2CCCC1CC(NC(=O)C1=NN=C3CC=C(c4ccsc4)C=C31)C2. The Morgan fingerprint density at radius 3 is 2.81 bits per heavy atom. The number of fused-ring (bicyclic) bond motifs is 3. The Morgan fingerprint density at radius 2 is 2.07 bits per heavy atom. The zero-order valence-corrected chi connectivity index (χ0v) is 16.3. The summed E-state index contributed by atoms with van der Waals surface area (Å²) >= 11 is 1.68. The minimum Gasteiger partial charge on any atom is -0.348 e. The normalized spacial score (nSPS) is 30.0. The fourth-order valence-corrected chi connectivity index (χ4v) is 5.53. The van der Waals surface area contributed by atoms with Crippen LogP contribution in [0.4, 0.5) is 0 Å². The number of piperidine rings is 2.